The Labute approximate surface area is 70.9 Å². The SMILES string of the molecule is CNc1cccc(C#N)c1C#N. The summed E-state index contributed by atoms with van der Waals surface area (Å²) in [5.41, 5.74) is 1.50. The fourth-order valence-electron chi connectivity index (χ4n) is 0.974. The molecule has 0 atom stereocenters. The third-order valence-corrected chi connectivity index (χ3v) is 1.57. The molecular formula is C9H7N3. The first-order valence-electron chi connectivity index (χ1n) is 3.44. The minimum atomic E-state index is 0.405. The molecule has 0 aliphatic heterocycles. The molecule has 0 heterocycles. The highest BCUT2D eigenvalue weighted by Crippen LogP contribution is 2.17. The highest BCUT2D eigenvalue weighted by atomic mass is 14.8. The Morgan fingerprint density at radius 1 is 1.25 bits per heavy atom. The van der Waals surface area contributed by atoms with Crippen molar-refractivity contribution in [2.75, 3.05) is 12.4 Å². The molecule has 0 aliphatic carbocycles. The lowest BCUT2D eigenvalue weighted by Gasteiger charge is -2.02. The maximum atomic E-state index is 8.72. The lowest BCUT2D eigenvalue weighted by molar-refractivity contribution is 1.40. The van der Waals surface area contributed by atoms with Crippen LogP contribution in [0.5, 0.6) is 0 Å². The quantitative estimate of drug-likeness (QED) is 0.671. The van der Waals surface area contributed by atoms with Crippen molar-refractivity contribution in [3.8, 4) is 12.1 Å². The first-order chi connectivity index (χ1) is 5.83. The molecule has 0 unspecified atom stereocenters. The Kier molecular flexibility index (Phi) is 2.30. The van der Waals surface area contributed by atoms with Crippen LogP contribution in [0, 0.1) is 22.7 Å². The zero-order chi connectivity index (χ0) is 8.97. The number of anilines is 1. The van der Waals surface area contributed by atoms with Crippen LogP contribution in [0.15, 0.2) is 18.2 Å². The molecule has 0 saturated heterocycles. The van der Waals surface area contributed by atoms with Crippen LogP contribution in [-0.4, -0.2) is 7.05 Å². The summed E-state index contributed by atoms with van der Waals surface area (Å²) in [6.45, 7) is 0. The zero-order valence-corrected chi connectivity index (χ0v) is 6.63. The van der Waals surface area contributed by atoms with E-state index in [9.17, 15) is 0 Å². The molecule has 0 aliphatic rings. The van der Waals surface area contributed by atoms with Gasteiger partial charge in [-0.1, -0.05) is 6.07 Å². The fourth-order valence-corrected chi connectivity index (χ4v) is 0.974. The maximum Gasteiger partial charge on any atom is 0.103 e. The van der Waals surface area contributed by atoms with E-state index in [0.29, 0.717) is 16.8 Å². The Morgan fingerprint density at radius 2 is 2.00 bits per heavy atom. The number of hydrogen-bond donors (Lipinski definition) is 1. The third-order valence-electron chi connectivity index (χ3n) is 1.57. The molecule has 0 aromatic heterocycles. The molecule has 0 bridgehead atoms. The van der Waals surface area contributed by atoms with E-state index in [1.165, 1.54) is 0 Å². The summed E-state index contributed by atoms with van der Waals surface area (Å²) in [7, 11) is 1.72. The first-order valence-corrected chi connectivity index (χ1v) is 3.44. The van der Waals surface area contributed by atoms with E-state index in [4.69, 9.17) is 10.5 Å². The molecule has 0 fully saturated rings. The minimum Gasteiger partial charge on any atom is -0.387 e. The van der Waals surface area contributed by atoms with Crippen LogP contribution in [0.3, 0.4) is 0 Å². The highest BCUT2D eigenvalue weighted by Gasteiger charge is 2.04. The van der Waals surface area contributed by atoms with Crippen molar-refractivity contribution in [2.45, 2.75) is 0 Å². The lowest BCUT2D eigenvalue weighted by atomic mass is 10.1. The third kappa shape index (κ3) is 1.21. The van der Waals surface area contributed by atoms with E-state index in [-0.39, 0.29) is 0 Å². The minimum absolute atomic E-state index is 0.405. The van der Waals surface area contributed by atoms with Gasteiger partial charge in [0.05, 0.1) is 16.8 Å². The second kappa shape index (κ2) is 3.41. The Morgan fingerprint density at radius 3 is 2.50 bits per heavy atom. The van der Waals surface area contributed by atoms with Crippen LogP contribution in [0.4, 0.5) is 5.69 Å². The molecule has 1 aromatic rings. The van der Waals surface area contributed by atoms with Gasteiger partial charge in [0.2, 0.25) is 0 Å². The van der Waals surface area contributed by atoms with E-state index < -0.39 is 0 Å². The molecule has 1 N–H and O–H groups in total. The van der Waals surface area contributed by atoms with Crippen molar-refractivity contribution < 1.29 is 0 Å². The van der Waals surface area contributed by atoms with Crippen molar-refractivity contribution in [3.63, 3.8) is 0 Å². The first kappa shape index (κ1) is 8.10. The smallest absolute Gasteiger partial charge is 0.103 e. The standard InChI is InChI=1S/C9H7N3/c1-12-9-4-2-3-7(5-10)8(9)6-11/h2-4,12H,1H3. The molecule has 0 radical (unpaired) electrons. The monoisotopic (exact) mass is 157 g/mol. The lowest BCUT2D eigenvalue weighted by Crippen LogP contribution is -1.94. The normalized spacial score (nSPS) is 8.25. The predicted octanol–water partition coefficient (Wildman–Crippen LogP) is 1.47. The van der Waals surface area contributed by atoms with Gasteiger partial charge in [-0.05, 0) is 12.1 Å². The summed E-state index contributed by atoms with van der Waals surface area (Å²) in [6.07, 6.45) is 0. The molecule has 1 aromatic carbocycles. The number of nitriles is 2. The van der Waals surface area contributed by atoms with Gasteiger partial charge in [-0.2, -0.15) is 10.5 Å². The number of nitrogens with one attached hydrogen (secondary N) is 1. The molecule has 0 amide bonds. The predicted molar refractivity (Wildman–Crippen MR) is 45.4 cm³/mol. The van der Waals surface area contributed by atoms with Crippen LogP contribution in [0.1, 0.15) is 11.1 Å². The molecule has 0 saturated carbocycles. The average molecular weight is 157 g/mol. The van der Waals surface area contributed by atoms with Gasteiger partial charge >= 0.3 is 0 Å². The average Bonchev–Trinajstić information content (AvgIpc) is 2.16. The second-order valence-electron chi connectivity index (χ2n) is 2.20. The van der Waals surface area contributed by atoms with Gasteiger partial charge in [0.15, 0.2) is 0 Å². The van der Waals surface area contributed by atoms with E-state index in [1.807, 2.05) is 12.1 Å². The van der Waals surface area contributed by atoms with Crippen LogP contribution in [0.25, 0.3) is 0 Å². The Bertz CT molecular complexity index is 368. The van der Waals surface area contributed by atoms with E-state index in [0.717, 1.165) is 0 Å². The topological polar surface area (TPSA) is 59.6 Å². The van der Waals surface area contributed by atoms with Crippen LogP contribution >= 0.6 is 0 Å². The van der Waals surface area contributed by atoms with Crippen molar-refractivity contribution >= 4 is 5.69 Å². The molecule has 12 heavy (non-hydrogen) atoms. The fraction of sp³-hybridized carbons (Fsp3) is 0.111. The summed E-state index contributed by atoms with van der Waals surface area (Å²) >= 11 is 0. The number of hydrogen-bond acceptors (Lipinski definition) is 3. The summed E-state index contributed by atoms with van der Waals surface area (Å²) in [5.74, 6) is 0. The molecule has 1 rings (SSSR count). The van der Waals surface area contributed by atoms with Gasteiger partial charge in [0.25, 0.3) is 0 Å². The van der Waals surface area contributed by atoms with Crippen molar-refractivity contribution in [1.82, 2.24) is 0 Å². The van der Waals surface area contributed by atoms with E-state index >= 15 is 0 Å². The van der Waals surface area contributed by atoms with E-state index in [1.54, 1.807) is 25.2 Å². The van der Waals surface area contributed by atoms with Crippen molar-refractivity contribution in [2.24, 2.45) is 0 Å². The Balaban J connectivity index is 3.37. The Hall–Kier alpha value is -2.00. The van der Waals surface area contributed by atoms with Gasteiger partial charge in [0, 0.05) is 7.05 Å². The maximum absolute atomic E-state index is 8.72. The van der Waals surface area contributed by atoms with Crippen molar-refractivity contribution in [3.05, 3.63) is 29.3 Å². The van der Waals surface area contributed by atoms with E-state index in [2.05, 4.69) is 5.32 Å². The number of rotatable bonds is 1. The van der Waals surface area contributed by atoms with Gasteiger partial charge in [-0.25, -0.2) is 0 Å². The highest BCUT2D eigenvalue weighted by molar-refractivity contribution is 5.63. The largest absolute Gasteiger partial charge is 0.387 e. The molecular weight excluding hydrogens is 150 g/mol. The van der Waals surface area contributed by atoms with Gasteiger partial charge in [-0.3, -0.25) is 0 Å². The summed E-state index contributed by atoms with van der Waals surface area (Å²) in [5, 5.41) is 20.2. The van der Waals surface area contributed by atoms with Crippen LogP contribution in [-0.2, 0) is 0 Å². The molecule has 3 heteroatoms. The van der Waals surface area contributed by atoms with Crippen molar-refractivity contribution in [1.29, 1.82) is 10.5 Å². The second-order valence-corrected chi connectivity index (χ2v) is 2.20. The zero-order valence-electron chi connectivity index (χ0n) is 6.63. The summed E-state index contributed by atoms with van der Waals surface area (Å²) < 4.78 is 0. The van der Waals surface area contributed by atoms with Crippen LogP contribution in [0.2, 0.25) is 0 Å². The van der Waals surface area contributed by atoms with Gasteiger partial charge < -0.3 is 5.32 Å². The summed E-state index contributed by atoms with van der Waals surface area (Å²) in [6, 6.07) is 9.07. The van der Waals surface area contributed by atoms with Gasteiger partial charge in [-0.15, -0.1) is 0 Å². The molecule has 58 valence electrons. The van der Waals surface area contributed by atoms with Gasteiger partial charge in [0.1, 0.15) is 12.1 Å². The number of benzene rings is 1. The molecule has 0 spiro atoms. The molecule has 3 nitrogen and oxygen atoms in total. The number of nitrogens with zero attached hydrogens (tertiary/aromatic N) is 2. The van der Waals surface area contributed by atoms with Crippen LogP contribution < -0.4 is 5.32 Å². The summed E-state index contributed by atoms with van der Waals surface area (Å²) in [4.78, 5) is 0.